The average Bonchev–Trinajstić information content (AvgIpc) is 2.93. The maximum absolute atomic E-state index is 4.97. The Morgan fingerprint density at radius 1 is 0.541 bits per heavy atom. The van der Waals surface area contributed by atoms with Crippen molar-refractivity contribution in [1.29, 1.82) is 0 Å². The predicted molar refractivity (Wildman–Crippen MR) is 152 cm³/mol. The molecular weight excluding hydrogens is 450 g/mol. The van der Waals surface area contributed by atoms with Crippen molar-refractivity contribution < 1.29 is 0 Å². The Bertz CT molecular complexity index is 1550. The van der Waals surface area contributed by atoms with Crippen LogP contribution in [-0.4, -0.2) is 9.97 Å². The van der Waals surface area contributed by atoms with E-state index in [2.05, 4.69) is 130 Å². The van der Waals surface area contributed by atoms with Crippen molar-refractivity contribution in [1.82, 2.24) is 9.97 Å². The van der Waals surface area contributed by atoms with Gasteiger partial charge in [-0.1, -0.05) is 94.4 Å². The van der Waals surface area contributed by atoms with Crippen LogP contribution in [0.2, 0.25) is 0 Å². The summed E-state index contributed by atoms with van der Waals surface area (Å²) < 4.78 is 0. The van der Waals surface area contributed by atoms with Gasteiger partial charge in [-0.05, 0) is 40.5 Å². The van der Waals surface area contributed by atoms with E-state index < -0.39 is 0 Å². The molecule has 7 rings (SSSR count). The van der Waals surface area contributed by atoms with E-state index in [9.17, 15) is 0 Å². The van der Waals surface area contributed by atoms with E-state index in [1.54, 1.807) is 0 Å². The van der Waals surface area contributed by atoms with E-state index in [-0.39, 0.29) is 10.8 Å². The van der Waals surface area contributed by atoms with Crippen molar-refractivity contribution in [3.63, 3.8) is 0 Å². The lowest BCUT2D eigenvalue weighted by atomic mass is 9.67. The number of anilines is 3. The van der Waals surface area contributed by atoms with Crippen molar-refractivity contribution in [2.45, 2.75) is 38.5 Å². The van der Waals surface area contributed by atoms with Gasteiger partial charge in [-0.2, -0.15) is 0 Å². The maximum atomic E-state index is 4.97. The standard InChI is InChI=1S/C34H29N3/c1-33(2)25-17-24(22-11-7-5-8-12-22)15-16-30(25)37-31-21-36-29(23-13-9-6-10-14-23)18-26(31)34(3,4)28-20-35-19-27(33)32(28)37/h5-21H,1-4H3. The van der Waals surface area contributed by atoms with Crippen LogP contribution >= 0.6 is 0 Å². The molecule has 37 heavy (non-hydrogen) atoms. The zero-order valence-corrected chi connectivity index (χ0v) is 21.7. The minimum absolute atomic E-state index is 0.194. The molecule has 0 fully saturated rings. The number of hydrogen-bond acceptors (Lipinski definition) is 3. The lowest BCUT2D eigenvalue weighted by Crippen LogP contribution is -2.38. The molecule has 0 spiro atoms. The van der Waals surface area contributed by atoms with Crippen molar-refractivity contribution in [3.8, 4) is 22.4 Å². The molecule has 2 aliphatic heterocycles. The molecule has 0 atom stereocenters. The van der Waals surface area contributed by atoms with Crippen LogP contribution in [0.3, 0.4) is 0 Å². The first-order valence-electron chi connectivity index (χ1n) is 12.9. The lowest BCUT2D eigenvalue weighted by molar-refractivity contribution is 0.591. The quantitative estimate of drug-likeness (QED) is 0.254. The molecule has 0 bridgehead atoms. The van der Waals surface area contributed by atoms with Gasteiger partial charge in [0.25, 0.3) is 0 Å². The van der Waals surface area contributed by atoms with Gasteiger partial charge in [0.1, 0.15) is 0 Å². The summed E-state index contributed by atoms with van der Waals surface area (Å²) in [4.78, 5) is 12.2. The molecule has 3 nitrogen and oxygen atoms in total. The fourth-order valence-corrected chi connectivity index (χ4v) is 6.21. The minimum atomic E-state index is -0.214. The van der Waals surface area contributed by atoms with Gasteiger partial charge in [0, 0.05) is 39.9 Å². The zero-order chi connectivity index (χ0) is 25.4. The molecule has 2 aromatic heterocycles. The van der Waals surface area contributed by atoms with Crippen LogP contribution in [0.4, 0.5) is 17.1 Å². The van der Waals surface area contributed by atoms with Crippen molar-refractivity contribution >= 4 is 17.1 Å². The average molecular weight is 480 g/mol. The van der Waals surface area contributed by atoms with E-state index >= 15 is 0 Å². The highest BCUT2D eigenvalue weighted by Crippen LogP contribution is 2.60. The van der Waals surface area contributed by atoms with Gasteiger partial charge in [0.05, 0.1) is 29.0 Å². The fraction of sp³-hybridized carbons (Fsp3) is 0.176. The second kappa shape index (κ2) is 7.63. The third-order valence-electron chi connectivity index (χ3n) is 8.37. The van der Waals surface area contributed by atoms with Crippen LogP contribution < -0.4 is 4.90 Å². The number of aromatic nitrogens is 2. The molecule has 0 N–H and O–H groups in total. The van der Waals surface area contributed by atoms with Gasteiger partial charge in [0.2, 0.25) is 0 Å². The Labute approximate surface area is 218 Å². The molecule has 3 heteroatoms. The number of benzene rings is 3. The molecule has 5 aromatic rings. The van der Waals surface area contributed by atoms with Gasteiger partial charge in [-0.3, -0.25) is 9.97 Å². The molecule has 3 aromatic carbocycles. The van der Waals surface area contributed by atoms with Gasteiger partial charge >= 0.3 is 0 Å². The van der Waals surface area contributed by atoms with Crippen molar-refractivity contribution in [2.75, 3.05) is 4.90 Å². The molecule has 0 unspecified atom stereocenters. The first kappa shape index (κ1) is 22.0. The summed E-state index contributed by atoms with van der Waals surface area (Å²) in [5.41, 5.74) is 12.9. The SMILES string of the molecule is CC1(C)c2cc(-c3ccccc3)ccc2N2c3cnc(-c4ccccc4)cc3C(C)(C)c3cncc1c32. The van der Waals surface area contributed by atoms with E-state index in [1.807, 2.05) is 6.07 Å². The summed E-state index contributed by atoms with van der Waals surface area (Å²) >= 11 is 0. The number of nitrogens with zero attached hydrogens (tertiary/aromatic N) is 3. The topological polar surface area (TPSA) is 29.0 Å². The minimum Gasteiger partial charge on any atom is -0.308 e. The van der Waals surface area contributed by atoms with Crippen LogP contribution in [0, 0.1) is 0 Å². The summed E-state index contributed by atoms with van der Waals surface area (Å²) in [5.74, 6) is 0. The van der Waals surface area contributed by atoms with E-state index in [0.717, 1.165) is 16.9 Å². The Hall–Kier alpha value is -4.24. The third-order valence-corrected chi connectivity index (χ3v) is 8.37. The molecule has 180 valence electrons. The van der Waals surface area contributed by atoms with E-state index in [4.69, 9.17) is 9.97 Å². The van der Waals surface area contributed by atoms with Gasteiger partial charge < -0.3 is 4.90 Å². The number of hydrogen-bond donors (Lipinski definition) is 0. The summed E-state index contributed by atoms with van der Waals surface area (Å²) in [6, 6.07) is 30.3. The van der Waals surface area contributed by atoms with Gasteiger partial charge in [0.15, 0.2) is 0 Å². The predicted octanol–water partition coefficient (Wildman–Crippen LogP) is 8.56. The Morgan fingerprint density at radius 2 is 1.14 bits per heavy atom. The van der Waals surface area contributed by atoms with Crippen LogP contribution in [0.5, 0.6) is 0 Å². The highest BCUT2D eigenvalue weighted by molar-refractivity contribution is 5.93. The summed E-state index contributed by atoms with van der Waals surface area (Å²) in [6.45, 7) is 9.29. The molecule has 0 radical (unpaired) electrons. The second-order valence-corrected chi connectivity index (χ2v) is 11.2. The normalized spacial score (nSPS) is 15.9. The third kappa shape index (κ3) is 3.07. The number of fused-ring (bicyclic) bond motifs is 4. The summed E-state index contributed by atoms with van der Waals surface area (Å²) in [6.07, 6.45) is 6.20. The van der Waals surface area contributed by atoms with E-state index in [1.165, 1.54) is 44.8 Å². The van der Waals surface area contributed by atoms with Crippen LogP contribution in [0.1, 0.15) is 49.9 Å². The molecular formula is C34H29N3. The van der Waals surface area contributed by atoms with Crippen molar-refractivity contribution in [2.24, 2.45) is 0 Å². The second-order valence-electron chi connectivity index (χ2n) is 11.2. The monoisotopic (exact) mass is 479 g/mol. The maximum Gasteiger partial charge on any atom is 0.0706 e. The molecule has 0 saturated carbocycles. The molecule has 0 amide bonds. The summed E-state index contributed by atoms with van der Waals surface area (Å²) in [7, 11) is 0. The number of rotatable bonds is 2. The lowest BCUT2D eigenvalue weighted by Gasteiger charge is -2.49. The van der Waals surface area contributed by atoms with E-state index in [0.29, 0.717) is 0 Å². The smallest absolute Gasteiger partial charge is 0.0706 e. The van der Waals surface area contributed by atoms with Crippen LogP contribution in [-0.2, 0) is 10.8 Å². The van der Waals surface area contributed by atoms with Gasteiger partial charge in [-0.15, -0.1) is 0 Å². The molecule has 0 aliphatic carbocycles. The van der Waals surface area contributed by atoms with Crippen molar-refractivity contribution in [3.05, 3.63) is 126 Å². The first-order chi connectivity index (χ1) is 17.9. The Kier molecular flexibility index (Phi) is 4.54. The van der Waals surface area contributed by atoms with Crippen LogP contribution in [0.25, 0.3) is 22.4 Å². The largest absolute Gasteiger partial charge is 0.308 e. The fourth-order valence-electron chi connectivity index (χ4n) is 6.21. The Morgan fingerprint density at radius 3 is 1.78 bits per heavy atom. The highest BCUT2D eigenvalue weighted by Gasteiger charge is 2.46. The van der Waals surface area contributed by atoms with Crippen LogP contribution in [0.15, 0.2) is 104 Å². The zero-order valence-electron chi connectivity index (χ0n) is 21.7. The Balaban J connectivity index is 1.50. The molecule has 0 saturated heterocycles. The molecule has 4 heterocycles. The van der Waals surface area contributed by atoms with Gasteiger partial charge in [-0.25, -0.2) is 0 Å². The highest BCUT2D eigenvalue weighted by atomic mass is 15.2. The first-order valence-corrected chi connectivity index (χ1v) is 12.9. The number of pyridine rings is 2. The molecule has 2 aliphatic rings. The summed E-state index contributed by atoms with van der Waals surface area (Å²) in [5, 5.41) is 0.